The van der Waals surface area contributed by atoms with Crippen LogP contribution in [0.2, 0.25) is 0 Å². The molecular weight excluding hydrogens is 481 g/mol. The molecule has 1 fully saturated rings. The van der Waals surface area contributed by atoms with Crippen LogP contribution in [0.25, 0.3) is 0 Å². The van der Waals surface area contributed by atoms with Crippen LogP contribution in [0, 0.1) is 6.92 Å². The molecule has 37 heavy (non-hydrogen) atoms. The van der Waals surface area contributed by atoms with E-state index >= 15 is 0 Å². The number of nitrogens with zero attached hydrogens (tertiary/aromatic N) is 3. The van der Waals surface area contributed by atoms with Crippen LogP contribution in [0.1, 0.15) is 56.2 Å². The Labute approximate surface area is 214 Å². The summed E-state index contributed by atoms with van der Waals surface area (Å²) in [6, 6.07) is 14.0. The molecule has 4 rings (SSSR count). The zero-order valence-electron chi connectivity index (χ0n) is 21.0. The fourth-order valence-electron chi connectivity index (χ4n) is 4.41. The predicted octanol–water partition coefficient (Wildman–Crippen LogP) is 5.75. The van der Waals surface area contributed by atoms with Gasteiger partial charge in [-0.2, -0.15) is 13.2 Å². The largest absolute Gasteiger partial charge is 0.416 e. The molecule has 0 saturated carbocycles. The maximum absolute atomic E-state index is 13.2. The third-order valence-electron chi connectivity index (χ3n) is 6.69. The Hall–Kier alpha value is -3.88. The molecule has 1 aromatic heterocycles. The number of alkyl halides is 3. The fraction of sp³-hybridized carbons (Fsp3) is 0.321. The van der Waals surface area contributed by atoms with Gasteiger partial charge in [0.05, 0.1) is 11.1 Å². The van der Waals surface area contributed by atoms with Crippen LogP contribution in [0.3, 0.4) is 0 Å². The quantitative estimate of drug-likeness (QED) is 0.475. The standard InChI is InChI=1S/C28H29F3N4O2/c1-18-4-5-21(16-24(18)33-26(36)22-8-11-25(32-17-22)34(2)3)27(37)35-14-12-20(13-15-35)19-6-9-23(10-7-19)28(29,30)31/h4-11,16-17,20H,12-15H2,1-3H3,(H,33,36). The van der Waals surface area contributed by atoms with Crippen LogP contribution in [0.4, 0.5) is 24.7 Å². The lowest BCUT2D eigenvalue weighted by Crippen LogP contribution is -2.38. The number of hydrogen-bond acceptors (Lipinski definition) is 4. The molecule has 0 unspecified atom stereocenters. The van der Waals surface area contributed by atoms with Crippen molar-refractivity contribution < 1.29 is 22.8 Å². The van der Waals surface area contributed by atoms with Gasteiger partial charge in [0.1, 0.15) is 5.82 Å². The Kier molecular flexibility index (Phi) is 7.52. The molecule has 0 aliphatic carbocycles. The molecule has 2 heterocycles. The molecule has 2 amide bonds. The summed E-state index contributed by atoms with van der Waals surface area (Å²) in [7, 11) is 3.73. The van der Waals surface area contributed by atoms with Crippen molar-refractivity contribution in [3.63, 3.8) is 0 Å². The molecule has 0 spiro atoms. The van der Waals surface area contributed by atoms with Gasteiger partial charge in [0.15, 0.2) is 0 Å². The molecule has 1 aliphatic rings. The number of likely N-dealkylation sites (tertiary alicyclic amines) is 1. The Morgan fingerprint density at radius 3 is 2.19 bits per heavy atom. The van der Waals surface area contributed by atoms with Crippen molar-refractivity contribution in [2.24, 2.45) is 0 Å². The van der Waals surface area contributed by atoms with E-state index in [-0.39, 0.29) is 17.7 Å². The minimum Gasteiger partial charge on any atom is -0.363 e. The van der Waals surface area contributed by atoms with Gasteiger partial charge in [-0.15, -0.1) is 0 Å². The molecule has 2 aromatic carbocycles. The number of aryl methyl sites for hydroxylation is 1. The number of piperidine rings is 1. The molecule has 9 heteroatoms. The van der Waals surface area contributed by atoms with Crippen molar-refractivity contribution in [1.82, 2.24) is 9.88 Å². The first kappa shape index (κ1) is 26.2. The van der Waals surface area contributed by atoms with Crippen molar-refractivity contribution in [1.29, 1.82) is 0 Å². The molecule has 0 atom stereocenters. The lowest BCUT2D eigenvalue weighted by Gasteiger charge is -2.32. The van der Waals surface area contributed by atoms with Gasteiger partial charge in [-0.05, 0) is 73.2 Å². The molecule has 1 aliphatic heterocycles. The lowest BCUT2D eigenvalue weighted by atomic mass is 9.88. The Balaban J connectivity index is 1.39. The second-order valence-electron chi connectivity index (χ2n) is 9.47. The van der Waals surface area contributed by atoms with Gasteiger partial charge in [-0.1, -0.05) is 18.2 Å². The van der Waals surface area contributed by atoms with Gasteiger partial charge in [0.2, 0.25) is 0 Å². The second-order valence-corrected chi connectivity index (χ2v) is 9.47. The summed E-state index contributed by atoms with van der Waals surface area (Å²) in [5, 5.41) is 2.87. The fourth-order valence-corrected chi connectivity index (χ4v) is 4.41. The smallest absolute Gasteiger partial charge is 0.363 e. The van der Waals surface area contributed by atoms with Crippen LogP contribution in [0.15, 0.2) is 60.8 Å². The van der Waals surface area contributed by atoms with E-state index in [1.165, 1.54) is 18.3 Å². The summed E-state index contributed by atoms with van der Waals surface area (Å²) in [5.41, 5.74) is 2.44. The van der Waals surface area contributed by atoms with E-state index in [0.717, 1.165) is 29.1 Å². The van der Waals surface area contributed by atoms with Crippen molar-refractivity contribution in [2.45, 2.75) is 31.9 Å². The molecule has 3 aromatic rings. The first-order valence-corrected chi connectivity index (χ1v) is 12.0. The van der Waals surface area contributed by atoms with Gasteiger partial charge in [0.25, 0.3) is 11.8 Å². The summed E-state index contributed by atoms with van der Waals surface area (Å²) in [6.45, 7) is 2.86. The van der Waals surface area contributed by atoms with E-state index in [1.54, 1.807) is 35.2 Å². The lowest BCUT2D eigenvalue weighted by molar-refractivity contribution is -0.137. The van der Waals surface area contributed by atoms with Crippen LogP contribution < -0.4 is 10.2 Å². The Morgan fingerprint density at radius 1 is 0.973 bits per heavy atom. The predicted molar refractivity (Wildman–Crippen MR) is 137 cm³/mol. The van der Waals surface area contributed by atoms with E-state index in [9.17, 15) is 22.8 Å². The van der Waals surface area contributed by atoms with Gasteiger partial charge in [-0.25, -0.2) is 4.98 Å². The minimum atomic E-state index is -4.35. The van der Waals surface area contributed by atoms with Gasteiger partial charge < -0.3 is 15.1 Å². The number of rotatable bonds is 5. The van der Waals surface area contributed by atoms with Crippen LogP contribution in [-0.2, 0) is 6.18 Å². The summed E-state index contributed by atoms with van der Waals surface area (Å²) in [6.07, 6.45) is -1.50. The van der Waals surface area contributed by atoms with E-state index in [1.807, 2.05) is 25.9 Å². The molecule has 6 nitrogen and oxygen atoms in total. The van der Waals surface area contributed by atoms with Crippen LogP contribution in [0.5, 0.6) is 0 Å². The van der Waals surface area contributed by atoms with E-state index in [4.69, 9.17) is 0 Å². The number of carbonyl (C=O) groups excluding carboxylic acids is 2. The second kappa shape index (κ2) is 10.6. The monoisotopic (exact) mass is 510 g/mol. The first-order chi connectivity index (χ1) is 17.5. The average Bonchev–Trinajstić information content (AvgIpc) is 2.89. The highest BCUT2D eigenvalue weighted by molar-refractivity contribution is 6.05. The van der Waals surface area contributed by atoms with E-state index < -0.39 is 11.7 Å². The van der Waals surface area contributed by atoms with Crippen molar-refractivity contribution >= 4 is 23.3 Å². The number of aromatic nitrogens is 1. The highest BCUT2D eigenvalue weighted by Gasteiger charge is 2.31. The van der Waals surface area contributed by atoms with Crippen molar-refractivity contribution in [2.75, 3.05) is 37.4 Å². The number of anilines is 2. The SMILES string of the molecule is Cc1ccc(C(=O)N2CCC(c3ccc(C(F)(F)F)cc3)CC2)cc1NC(=O)c1ccc(N(C)C)nc1. The molecule has 1 N–H and O–H groups in total. The molecule has 194 valence electrons. The zero-order chi connectivity index (χ0) is 26.7. The summed E-state index contributed by atoms with van der Waals surface area (Å²) in [5.74, 6) is 0.385. The maximum Gasteiger partial charge on any atom is 0.416 e. The highest BCUT2D eigenvalue weighted by Crippen LogP contribution is 2.33. The maximum atomic E-state index is 13.2. The third-order valence-corrected chi connectivity index (χ3v) is 6.69. The van der Waals surface area contributed by atoms with E-state index in [2.05, 4.69) is 10.3 Å². The minimum absolute atomic E-state index is 0.103. The van der Waals surface area contributed by atoms with Crippen molar-refractivity contribution in [3.05, 3.63) is 88.6 Å². The zero-order valence-corrected chi connectivity index (χ0v) is 21.0. The molecular formula is C28H29F3N4O2. The van der Waals surface area contributed by atoms with Gasteiger partial charge in [0, 0.05) is 44.6 Å². The summed E-state index contributed by atoms with van der Waals surface area (Å²) < 4.78 is 38.5. The molecule has 0 radical (unpaired) electrons. The number of halogens is 3. The summed E-state index contributed by atoms with van der Waals surface area (Å²) in [4.78, 5) is 33.8. The Bertz CT molecular complexity index is 1260. The number of pyridine rings is 1. The summed E-state index contributed by atoms with van der Waals surface area (Å²) >= 11 is 0. The van der Waals surface area contributed by atoms with Crippen molar-refractivity contribution in [3.8, 4) is 0 Å². The third kappa shape index (κ3) is 6.10. The van der Waals surface area contributed by atoms with Gasteiger partial charge in [-0.3, -0.25) is 9.59 Å². The van der Waals surface area contributed by atoms with E-state index in [0.29, 0.717) is 42.7 Å². The number of carbonyl (C=O) groups is 2. The number of nitrogens with one attached hydrogen (secondary N) is 1. The topological polar surface area (TPSA) is 65.5 Å². The molecule has 1 saturated heterocycles. The van der Waals surface area contributed by atoms with Crippen LogP contribution in [-0.4, -0.2) is 48.9 Å². The number of hydrogen-bond donors (Lipinski definition) is 1. The first-order valence-electron chi connectivity index (χ1n) is 12.0. The molecule has 0 bridgehead atoms. The average molecular weight is 511 g/mol. The van der Waals surface area contributed by atoms with Gasteiger partial charge >= 0.3 is 6.18 Å². The Morgan fingerprint density at radius 2 is 1.62 bits per heavy atom. The van der Waals surface area contributed by atoms with Crippen LogP contribution >= 0.6 is 0 Å². The number of benzene rings is 2. The number of amides is 2. The highest BCUT2D eigenvalue weighted by atomic mass is 19.4. The normalized spacial score (nSPS) is 14.4.